The minimum absolute atomic E-state index is 0.0454. The Labute approximate surface area is 108 Å². The van der Waals surface area contributed by atoms with Crippen LogP contribution in [0.3, 0.4) is 0 Å². The summed E-state index contributed by atoms with van der Waals surface area (Å²) in [6, 6.07) is 0. The van der Waals surface area contributed by atoms with Gasteiger partial charge in [-0.05, 0) is 29.9 Å². The van der Waals surface area contributed by atoms with Crippen molar-refractivity contribution in [2.45, 2.75) is 26.1 Å². The lowest BCUT2D eigenvalue weighted by Gasteiger charge is -2.15. The number of halogens is 3. The van der Waals surface area contributed by atoms with E-state index in [1.807, 2.05) is 6.92 Å². The van der Waals surface area contributed by atoms with Crippen LogP contribution in [0.1, 0.15) is 24.9 Å². The van der Waals surface area contributed by atoms with E-state index in [9.17, 15) is 23.3 Å². The molecule has 0 amide bonds. The van der Waals surface area contributed by atoms with Gasteiger partial charge in [-0.1, -0.05) is 6.92 Å². The molecule has 0 aromatic carbocycles. The van der Waals surface area contributed by atoms with E-state index in [1.54, 1.807) is 11.9 Å². The van der Waals surface area contributed by atoms with Gasteiger partial charge in [0.1, 0.15) is 5.69 Å². The van der Waals surface area contributed by atoms with E-state index in [0.29, 0.717) is 6.54 Å². The molecule has 9 heteroatoms. The normalized spacial score (nSPS) is 12.2. The SMILES string of the molecule is CCCN(C)Cc1c([N+](=O)[O-])nc(C(F)(F)F)n1C. The number of nitrogens with zero attached hydrogens (tertiary/aromatic N) is 4. The standard InChI is InChI=1S/C10H15F3N4O2/c1-4-5-15(2)6-7-8(17(18)19)14-9(16(7)3)10(11,12)13/h4-6H2,1-3H3. The van der Waals surface area contributed by atoms with Gasteiger partial charge in [0.05, 0.1) is 0 Å². The van der Waals surface area contributed by atoms with Crippen LogP contribution in [0.25, 0.3) is 0 Å². The van der Waals surface area contributed by atoms with Crippen LogP contribution in [0.15, 0.2) is 0 Å². The first-order chi connectivity index (χ1) is 8.68. The van der Waals surface area contributed by atoms with Crippen LogP contribution in [-0.2, 0) is 19.8 Å². The zero-order valence-corrected chi connectivity index (χ0v) is 10.9. The lowest BCUT2D eigenvalue weighted by Crippen LogP contribution is -2.22. The second-order valence-corrected chi connectivity index (χ2v) is 4.26. The van der Waals surface area contributed by atoms with Gasteiger partial charge in [-0.15, -0.1) is 0 Å². The average molecular weight is 280 g/mol. The van der Waals surface area contributed by atoms with Crippen LogP contribution in [0.5, 0.6) is 0 Å². The molecule has 0 bridgehead atoms. The highest BCUT2D eigenvalue weighted by atomic mass is 19.4. The van der Waals surface area contributed by atoms with Crippen molar-refractivity contribution < 1.29 is 18.1 Å². The highest BCUT2D eigenvalue weighted by Gasteiger charge is 2.44. The van der Waals surface area contributed by atoms with Crippen LogP contribution in [0, 0.1) is 10.1 Å². The summed E-state index contributed by atoms with van der Waals surface area (Å²) in [6.07, 6.45) is -3.91. The highest BCUT2D eigenvalue weighted by molar-refractivity contribution is 5.30. The van der Waals surface area contributed by atoms with Crippen molar-refractivity contribution in [1.82, 2.24) is 14.5 Å². The lowest BCUT2D eigenvalue weighted by atomic mass is 10.3. The summed E-state index contributed by atoms with van der Waals surface area (Å²) in [5.41, 5.74) is -0.0479. The molecule has 0 aliphatic heterocycles. The van der Waals surface area contributed by atoms with Gasteiger partial charge in [0.25, 0.3) is 0 Å². The third kappa shape index (κ3) is 3.43. The molecule has 0 spiro atoms. The number of hydrogen-bond donors (Lipinski definition) is 0. The predicted octanol–water partition coefficient (Wildman–Crippen LogP) is 2.19. The number of rotatable bonds is 5. The Kier molecular flexibility index (Phi) is 4.51. The fourth-order valence-corrected chi connectivity index (χ4v) is 1.81. The molecule has 1 heterocycles. The molecule has 0 atom stereocenters. The first-order valence-electron chi connectivity index (χ1n) is 5.64. The molecular weight excluding hydrogens is 265 g/mol. The van der Waals surface area contributed by atoms with E-state index in [0.717, 1.165) is 18.0 Å². The molecule has 0 unspecified atom stereocenters. The number of aromatic nitrogens is 2. The molecule has 19 heavy (non-hydrogen) atoms. The number of hydrogen-bond acceptors (Lipinski definition) is 4. The van der Waals surface area contributed by atoms with Crippen molar-refractivity contribution in [3.63, 3.8) is 0 Å². The molecule has 0 N–H and O–H groups in total. The van der Waals surface area contributed by atoms with Crippen molar-refractivity contribution in [1.29, 1.82) is 0 Å². The number of alkyl halides is 3. The fourth-order valence-electron chi connectivity index (χ4n) is 1.81. The molecule has 1 rings (SSSR count). The maximum absolute atomic E-state index is 12.7. The molecule has 1 aromatic rings. The smallest absolute Gasteiger partial charge is 0.358 e. The lowest BCUT2D eigenvalue weighted by molar-refractivity contribution is -0.390. The molecule has 0 saturated heterocycles. The van der Waals surface area contributed by atoms with Crippen LogP contribution in [0.4, 0.5) is 19.0 Å². The van der Waals surface area contributed by atoms with E-state index in [-0.39, 0.29) is 12.2 Å². The number of imidazole rings is 1. The molecule has 0 aliphatic carbocycles. The number of nitro groups is 1. The third-order valence-electron chi connectivity index (χ3n) is 2.64. The van der Waals surface area contributed by atoms with Crippen molar-refractivity contribution in [3.05, 3.63) is 21.6 Å². The first kappa shape index (κ1) is 15.4. The highest BCUT2D eigenvalue weighted by Crippen LogP contribution is 2.32. The third-order valence-corrected chi connectivity index (χ3v) is 2.64. The monoisotopic (exact) mass is 280 g/mol. The molecular formula is C10H15F3N4O2. The van der Waals surface area contributed by atoms with Crippen LogP contribution in [-0.4, -0.2) is 33.0 Å². The largest absolute Gasteiger partial charge is 0.475 e. The average Bonchev–Trinajstić information content (AvgIpc) is 2.56. The van der Waals surface area contributed by atoms with E-state index in [2.05, 4.69) is 4.98 Å². The van der Waals surface area contributed by atoms with Gasteiger partial charge in [-0.2, -0.15) is 13.2 Å². The summed E-state index contributed by atoms with van der Waals surface area (Å²) in [5.74, 6) is -1.99. The van der Waals surface area contributed by atoms with Gasteiger partial charge in [-0.3, -0.25) is 4.57 Å². The zero-order valence-electron chi connectivity index (χ0n) is 10.9. The Morgan fingerprint density at radius 3 is 2.47 bits per heavy atom. The summed E-state index contributed by atoms with van der Waals surface area (Å²) in [6.45, 7) is 2.59. The maximum atomic E-state index is 12.7. The Hall–Kier alpha value is -1.64. The van der Waals surface area contributed by atoms with E-state index < -0.39 is 22.7 Å². The van der Waals surface area contributed by atoms with Gasteiger partial charge in [-0.25, -0.2) is 0 Å². The Balaban J connectivity index is 3.21. The Morgan fingerprint density at radius 2 is 2.05 bits per heavy atom. The van der Waals surface area contributed by atoms with Crippen molar-refractivity contribution >= 4 is 5.82 Å². The van der Waals surface area contributed by atoms with Crippen LogP contribution >= 0.6 is 0 Å². The molecule has 1 aromatic heterocycles. The van der Waals surface area contributed by atoms with Gasteiger partial charge in [0, 0.05) is 13.6 Å². The quantitative estimate of drug-likeness (QED) is 0.612. The minimum Gasteiger partial charge on any atom is -0.358 e. The van der Waals surface area contributed by atoms with E-state index >= 15 is 0 Å². The summed E-state index contributed by atoms with van der Waals surface area (Å²) < 4.78 is 38.8. The summed E-state index contributed by atoms with van der Waals surface area (Å²) in [7, 11) is 2.82. The second kappa shape index (κ2) is 5.55. The molecule has 0 saturated carbocycles. The molecule has 108 valence electrons. The van der Waals surface area contributed by atoms with Gasteiger partial charge in [0.15, 0.2) is 0 Å². The Morgan fingerprint density at radius 1 is 1.47 bits per heavy atom. The van der Waals surface area contributed by atoms with Gasteiger partial charge < -0.3 is 15.0 Å². The topological polar surface area (TPSA) is 64.2 Å². The first-order valence-corrected chi connectivity index (χ1v) is 5.64. The minimum atomic E-state index is -4.71. The molecule has 0 radical (unpaired) electrons. The summed E-state index contributed by atoms with van der Waals surface area (Å²) in [5, 5.41) is 10.8. The van der Waals surface area contributed by atoms with Crippen LogP contribution < -0.4 is 0 Å². The molecule has 0 fully saturated rings. The van der Waals surface area contributed by atoms with Crippen LogP contribution in [0.2, 0.25) is 0 Å². The van der Waals surface area contributed by atoms with Gasteiger partial charge in [0.2, 0.25) is 0 Å². The van der Waals surface area contributed by atoms with E-state index in [4.69, 9.17) is 0 Å². The zero-order chi connectivity index (χ0) is 14.8. The molecule has 0 aliphatic rings. The van der Waals surface area contributed by atoms with Crippen molar-refractivity contribution in [3.8, 4) is 0 Å². The predicted molar refractivity (Wildman–Crippen MR) is 61.5 cm³/mol. The fraction of sp³-hybridized carbons (Fsp3) is 0.700. The van der Waals surface area contributed by atoms with Crippen molar-refractivity contribution in [2.75, 3.05) is 13.6 Å². The molecule has 6 nitrogen and oxygen atoms in total. The summed E-state index contributed by atoms with van der Waals surface area (Å²) >= 11 is 0. The van der Waals surface area contributed by atoms with Gasteiger partial charge >= 0.3 is 17.8 Å². The Bertz CT molecular complexity index is 470. The van der Waals surface area contributed by atoms with Crippen molar-refractivity contribution in [2.24, 2.45) is 7.05 Å². The van der Waals surface area contributed by atoms with E-state index in [1.165, 1.54) is 0 Å². The maximum Gasteiger partial charge on any atom is 0.475 e. The second-order valence-electron chi connectivity index (χ2n) is 4.26. The summed E-state index contributed by atoms with van der Waals surface area (Å²) in [4.78, 5) is 14.7.